The molecule has 0 spiro atoms. The van der Waals surface area contributed by atoms with Crippen molar-refractivity contribution in [1.82, 2.24) is 4.98 Å². The Labute approximate surface area is 155 Å². The first-order chi connectivity index (χ1) is 13.1. The average Bonchev–Trinajstić information content (AvgIpc) is 2.66. The summed E-state index contributed by atoms with van der Waals surface area (Å²) < 4.78 is 28.0. The Kier molecular flexibility index (Phi) is 4.50. The molecule has 5 heteroatoms. The van der Waals surface area contributed by atoms with Gasteiger partial charge in [-0.3, -0.25) is 9.98 Å². The topological polar surface area (TPSA) is 28.5 Å². The minimum atomic E-state index is -0.470. The first-order valence-electron chi connectivity index (χ1n) is 8.60. The molecule has 3 nitrogen and oxygen atoms in total. The van der Waals surface area contributed by atoms with E-state index in [1.165, 1.54) is 18.2 Å². The van der Waals surface area contributed by atoms with E-state index < -0.39 is 6.17 Å². The molecular formula is C22H17F2N3. The van der Waals surface area contributed by atoms with Crippen molar-refractivity contribution < 1.29 is 8.78 Å². The lowest BCUT2D eigenvalue weighted by atomic mass is 10.2. The Bertz CT molecular complexity index is 1140. The van der Waals surface area contributed by atoms with Gasteiger partial charge in [0.2, 0.25) is 0 Å². The first kappa shape index (κ1) is 17.1. The summed E-state index contributed by atoms with van der Waals surface area (Å²) in [6.07, 6.45) is 4.97. The number of rotatable bonds is 3. The lowest BCUT2D eigenvalue weighted by Crippen LogP contribution is -2.41. The molecule has 0 saturated heterocycles. The zero-order chi connectivity index (χ0) is 18.8. The molecule has 0 saturated carbocycles. The van der Waals surface area contributed by atoms with Gasteiger partial charge in [-0.15, -0.1) is 0 Å². The molecule has 0 amide bonds. The second-order valence-corrected chi connectivity index (χ2v) is 6.30. The lowest BCUT2D eigenvalue weighted by Gasteiger charge is -2.28. The molecule has 1 aromatic heterocycles. The van der Waals surface area contributed by atoms with Gasteiger partial charge < -0.3 is 4.90 Å². The number of benzene rings is 2. The number of pyridine rings is 1. The molecule has 0 aliphatic carbocycles. The predicted octanol–water partition coefficient (Wildman–Crippen LogP) is 3.59. The first-order valence-corrected chi connectivity index (χ1v) is 8.60. The van der Waals surface area contributed by atoms with Crippen molar-refractivity contribution in [2.45, 2.75) is 13.1 Å². The molecule has 0 radical (unpaired) electrons. The summed E-state index contributed by atoms with van der Waals surface area (Å²) in [5, 5.41) is 1.27. The standard InChI is InChI=1S/C22H17F2N3/c1-15-5-4-6-18(25-15)10-12-22-26-20-11-9-17(23)13-16(20)14-27(22)21-8-3-2-7-19(21)24/h2-14,22H,1H3. The molecular weight excluding hydrogens is 344 g/mol. The highest BCUT2D eigenvalue weighted by molar-refractivity contribution is 5.63. The van der Waals surface area contributed by atoms with Gasteiger partial charge in [-0.25, -0.2) is 8.78 Å². The fourth-order valence-electron chi connectivity index (χ4n) is 3.03. The molecule has 1 aliphatic heterocycles. The highest BCUT2D eigenvalue weighted by Gasteiger charge is 2.19. The largest absolute Gasteiger partial charge is 0.319 e. The van der Waals surface area contributed by atoms with E-state index in [-0.39, 0.29) is 11.6 Å². The average molecular weight is 361 g/mol. The van der Waals surface area contributed by atoms with Gasteiger partial charge in [-0.05, 0) is 61.5 Å². The summed E-state index contributed by atoms with van der Waals surface area (Å²) in [5.74, 6) is -0.720. The summed E-state index contributed by atoms with van der Waals surface area (Å²) in [4.78, 5) is 10.8. The summed E-state index contributed by atoms with van der Waals surface area (Å²) in [6, 6.07) is 16.6. The zero-order valence-corrected chi connectivity index (χ0v) is 14.7. The smallest absolute Gasteiger partial charge is 0.146 e. The van der Waals surface area contributed by atoms with Crippen molar-refractivity contribution in [3.05, 3.63) is 100 Å². The number of hydrogen-bond donors (Lipinski definition) is 0. The van der Waals surface area contributed by atoms with E-state index in [0.29, 0.717) is 16.3 Å². The number of fused-ring (bicyclic) bond motifs is 1. The summed E-state index contributed by atoms with van der Waals surface area (Å²) in [5.41, 5.74) is 2.09. The van der Waals surface area contributed by atoms with Crippen molar-refractivity contribution in [3.63, 3.8) is 0 Å². The Morgan fingerprint density at radius 2 is 1.85 bits per heavy atom. The van der Waals surface area contributed by atoms with Crippen molar-refractivity contribution in [1.29, 1.82) is 0 Å². The normalized spacial score (nSPS) is 16.0. The minimum absolute atomic E-state index is 0.355. The van der Waals surface area contributed by atoms with Gasteiger partial charge >= 0.3 is 0 Å². The van der Waals surface area contributed by atoms with Crippen LogP contribution in [0.15, 0.2) is 71.7 Å². The molecule has 0 fully saturated rings. The quantitative estimate of drug-likeness (QED) is 0.713. The van der Waals surface area contributed by atoms with Crippen LogP contribution in [0.2, 0.25) is 0 Å². The van der Waals surface area contributed by atoms with Gasteiger partial charge in [0, 0.05) is 17.1 Å². The van der Waals surface area contributed by atoms with Gasteiger partial charge in [-0.1, -0.05) is 18.2 Å². The van der Waals surface area contributed by atoms with Gasteiger partial charge in [0.05, 0.1) is 16.7 Å². The number of halogens is 2. The van der Waals surface area contributed by atoms with E-state index in [0.717, 1.165) is 11.4 Å². The molecule has 1 aliphatic rings. The van der Waals surface area contributed by atoms with Crippen molar-refractivity contribution in [2.24, 2.45) is 4.99 Å². The maximum absolute atomic E-state index is 14.4. The van der Waals surface area contributed by atoms with Crippen LogP contribution < -0.4 is 15.5 Å². The van der Waals surface area contributed by atoms with Crippen molar-refractivity contribution in [3.8, 4) is 0 Å². The SMILES string of the molecule is Cc1cccc(C=CC2N=c3ccc(F)cc3=CN2c2ccccc2F)n1. The van der Waals surface area contributed by atoms with Gasteiger partial charge in [0.1, 0.15) is 17.8 Å². The highest BCUT2D eigenvalue weighted by atomic mass is 19.1. The number of aryl methyl sites for hydroxylation is 1. The molecule has 1 unspecified atom stereocenters. The van der Waals surface area contributed by atoms with Crippen LogP contribution >= 0.6 is 0 Å². The van der Waals surface area contributed by atoms with E-state index in [2.05, 4.69) is 9.98 Å². The maximum atomic E-state index is 14.4. The van der Waals surface area contributed by atoms with E-state index in [4.69, 9.17) is 0 Å². The number of hydrogen-bond acceptors (Lipinski definition) is 3. The van der Waals surface area contributed by atoms with E-state index in [1.807, 2.05) is 37.3 Å². The fourth-order valence-corrected chi connectivity index (χ4v) is 3.03. The van der Waals surface area contributed by atoms with Gasteiger partial charge in [0.15, 0.2) is 0 Å². The van der Waals surface area contributed by atoms with Crippen LogP contribution in [0.4, 0.5) is 14.5 Å². The van der Waals surface area contributed by atoms with Crippen LogP contribution in [0.5, 0.6) is 0 Å². The van der Waals surface area contributed by atoms with Crippen LogP contribution in [-0.4, -0.2) is 11.1 Å². The maximum Gasteiger partial charge on any atom is 0.146 e. The molecule has 4 rings (SSSR count). The third-order valence-electron chi connectivity index (χ3n) is 4.30. The highest BCUT2D eigenvalue weighted by Crippen LogP contribution is 2.23. The Hall–Kier alpha value is -3.34. The molecule has 27 heavy (non-hydrogen) atoms. The van der Waals surface area contributed by atoms with Crippen LogP contribution in [0, 0.1) is 18.6 Å². The number of anilines is 1. The van der Waals surface area contributed by atoms with Crippen LogP contribution in [0.3, 0.4) is 0 Å². The number of aromatic nitrogens is 1. The molecule has 0 bridgehead atoms. The van der Waals surface area contributed by atoms with Crippen LogP contribution in [-0.2, 0) is 0 Å². The number of para-hydroxylation sites is 1. The zero-order valence-electron chi connectivity index (χ0n) is 14.7. The number of nitrogens with zero attached hydrogens (tertiary/aromatic N) is 3. The molecule has 3 aromatic rings. The molecule has 134 valence electrons. The van der Waals surface area contributed by atoms with E-state index in [9.17, 15) is 8.78 Å². The van der Waals surface area contributed by atoms with Gasteiger partial charge in [-0.2, -0.15) is 0 Å². The van der Waals surface area contributed by atoms with Crippen molar-refractivity contribution >= 4 is 18.0 Å². The van der Waals surface area contributed by atoms with Gasteiger partial charge in [0.25, 0.3) is 0 Å². The fraction of sp³-hybridized carbons (Fsp3) is 0.0909. The Balaban J connectivity index is 1.81. The predicted molar refractivity (Wildman–Crippen MR) is 102 cm³/mol. The lowest BCUT2D eigenvalue weighted by molar-refractivity contribution is 0.618. The second kappa shape index (κ2) is 7.11. The summed E-state index contributed by atoms with van der Waals surface area (Å²) in [7, 11) is 0. The van der Waals surface area contributed by atoms with E-state index in [1.54, 1.807) is 35.4 Å². The molecule has 2 heterocycles. The molecule has 0 N–H and O–H groups in total. The summed E-state index contributed by atoms with van der Waals surface area (Å²) in [6.45, 7) is 1.92. The monoisotopic (exact) mass is 361 g/mol. The molecule has 1 atom stereocenters. The Morgan fingerprint density at radius 1 is 1.00 bits per heavy atom. The third kappa shape index (κ3) is 3.62. The van der Waals surface area contributed by atoms with Crippen LogP contribution in [0.1, 0.15) is 11.4 Å². The third-order valence-corrected chi connectivity index (χ3v) is 4.30. The van der Waals surface area contributed by atoms with Crippen molar-refractivity contribution in [2.75, 3.05) is 4.90 Å². The second-order valence-electron chi connectivity index (χ2n) is 6.30. The molecule has 2 aromatic carbocycles. The minimum Gasteiger partial charge on any atom is -0.319 e. The summed E-state index contributed by atoms with van der Waals surface area (Å²) >= 11 is 0. The van der Waals surface area contributed by atoms with Crippen LogP contribution in [0.25, 0.3) is 12.3 Å². The Morgan fingerprint density at radius 3 is 2.67 bits per heavy atom. The van der Waals surface area contributed by atoms with E-state index >= 15 is 0 Å².